The number of amides is 1. The van der Waals surface area contributed by atoms with E-state index in [1.807, 2.05) is 32.9 Å². The molecule has 0 saturated carbocycles. The van der Waals surface area contributed by atoms with Gasteiger partial charge in [-0.05, 0) is 56.5 Å². The summed E-state index contributed by atoms with van der Waals surface area (Å²) in [5.41, 5.74) is 1.34. The number of pyridine rings is 1. The number of benzene rings is 1. The number of nitrogens with one attached hydrogen (secondary N) is 2. The summed E-state index contributed by atoms with van der Waals surface area (Å²) in [5.74, 6) is 0.382. The molecule has 31 heavy (non-hydrogen) atoms. The van der Waals surface area contributed by atoms with E-state index in [1.165, 1.54) is 12.1 Å². The molecule has 1 aromatic heterocycles. The molecule has 2 rings (SSSR count). The Kier molecular flexibility index (Phi) is 9.24. The van der Waals surface area contributed by atoms with Gasteiger partial charge < -0.3 is 20.3 Å². The predicted molar refractivity (Wildman–Crippen MR) is 120 cm³/mol. The molecule has 0 saturated heterocycles. The monoisotopic (exact) mass is 429 g/mol. The first-order valence-electron chi connectivity index (χ1n) is 10.3. The molecule has 0 aliphatic heterocycles. The summed E-state index contributed by atoms with van der Waals surface area (Å²) in [6.07, 6.45) is 3.80. The van der Waals surface area contributed by atoms with Gasteiger partial charge in [-0.25, -0.2) is 9.18 Å². The molecule has 1 amide bonds. The number of guanidine groups is 1. The number of hydrogen-bond donors (Lipinski definition) is 2. The average molecular weight is 430 g/mol. The summed E-state index contributed by atoms with van der Waals surface area (Å²) in [7, 11) is 1.69. The molecule has 0 fully saturated rings. The van der Waals surface area contributed by atoms with Crippen LogP contribution < -0.4 is 10.6 Å². The molecule has 2 N–H and O–H groups in total. The first-order chi connectivity index (χ1) is 14.8. The number of rotatable bonds is 8. The molecule has 0 aliphatic carbocycles. The van der Waals surface area contributed by atoms with Crippen LogP contribution in [0.4, 0.5) is 9.18 Å². The molecule has 0 atom stereocenters. The third kappa shape index (κ3) is 9.46. The van der Waals surface area contributed by atoms with E-state index in [0.29, 0.717) is 38.6 Å². The fourth-order valence-corrected chi connectivity index (χ4v) is 2.76. The second-order valence-electron chi connectivity index (χ2n) is 8.10. The van der Waals surface area contributed by atoms with Crippen LogP contribution >= 0.6 is 0 Å². The Morgan fingerprint density at radius 1 is 1.16 bits per heavy atom. The van der Waals surface area contributed by atoms with Crippen molar-refractivity contribution in [3.8, 4) is 0 Å². The van der Waals surface area contributed by atoms with Gasteiger partial charge in [0.15, 0.2) is 5.96 Å². The predicted octanol–water partition coefficient (Wildman–Crippen LogP) is 3.71. The number of nitrogens with zero attached hydrogens (tertiary/aromatic N) is 3. The van der Waals surface area contributed by atoms with E-state index in [9.17, 15) is 9.18 Å². The molecule has 8 heteroatoms. The van der Waals surface area contributed by atoms with E-state index >= 15 is 0 Å². The fraction of sp³-hybridized carbons (Fsp3) is 0.435. The summed E-state index contributed by atoms with van der Waals surface area (Å²) < 4.78 is 18.6. The van der Waals surface area contributed by atoms with Crippen LogP contribution in [0.1, 0.15) is 38.3 Å². The van der Waals surface area contributed by atoms with Crippen LogP contribution in [0.5, 0.6) is 0 Å². The van der Waals surface area contributed by atoms with Crippen molar-refractivity contribution >= 4 is 12.1 Å². The molecule has 1 aromatic carbocycles. The van der Waals surface area contributed by atoms with Crippen LogP contribution in [-0.2, 0) is 17.8 Å². The summed E-state index contributed by atoms with van der Waals surface area (Å²) in [5, 5.41) is 6.42. The van der Waals surface area contributed by atoms with E-state index in [-0.39, 0.29) is 11.9 Å². The summed E-state index contributed by atoms with van der Waals surface area (Å²) in [4.78, 5) is 22.6. The van der Waals surface area contributed by atoms with Crippen LogP contribution in [0.25, 0.3) is 0 Å². The van der Waals surface area contributed by atoms with Gasteiger partial charge in [0.25, 0.3) is 0 Å². The fourth-order valence-electron chi connectivity index (χ4n) is 2.76. The highest BCUT2D eigenvalue weighted by Gasteiger charge is 2.22. The minimum Gasteiger partial charge on any atom is -0.444 e. The normalized spacial score (nSPS) is 11.7. The van der Waals surface area contributed by atoms with E-state index < -0.39 is 5.60 Å². The topological polar surface area (TPSA) is 78.9 Å². The van der Waals surface area contributed by atoms with Gasteiger partial charge in [-0.2, -0.15) is 0 Å². The molecule has 0 unspecified atom stereocenters. The molecule has 7 nitrogen and oxygen atoms in total. The number of aliphatic imine (C=N–C) groups is 1. The Morgan fingerprint density at radius 3 is 2.52 bits per heavy atom. The van der Waals surface area contributed by atoms with Gasteiger partial charge >= 0.3 is 6.09 Å². The second-order valence-corrected chi connectivity index (χ2v) is 8.10. The Bertz CT molecular complexity index is 835. The Morgan fingerprint density at radius 2 is 1.90 bits per heavy atom. The molecule has 0 spiro atoms. The number of ether oxygens (including phenoxy) is 1. The highest BCUT2D eigenvalue weighted by atomic mass is 19.1. The van der Waals surface area contributed by atoms with Crippen LogP contribution in [0.3, 0.4) is 0 Å². The molecule has 168 valence electrons. The first-order valence-corrected chi connectivity index (χ1v) is 10.3. The SMILES string of the molecule is CN=C(NCCCN(Cc1cccnc1)C(=O)OC(C)(C)C)NCc1ccc(F)cc1. The maximum atomic E-state index is 13.0. The minimum atomic E-state index is -0.561. The van der Waals surface area contributed by atoms with E-state index in [1.54, 1.807) is 36.5 Å². The van der Waals surface area contributed by atoms with Crippen LogP contribution in [0, 0.1) is 5.82 Å². The zero-order valence-corrected chi connectivity index (χ0v) is 18.7. The van der Waals surface area contributed by atoms with Gasteiger partial charge in [0.05, 0.1) is 6.54 Å². The lowest BCUT2D eigenvalue weighted by Crippen LogP contribution is -2.40. The first kappa shape index (κ1) is 24.1. The van der Waals surface area contributed by atoms with Crippen LogP contribution in [-0.4, -0.2) is 47.7 Å². The average Bonchev–Trinajstić information content (AvgIpc) is 2.73. The smallest absolute Gasteiger partial charge is 0.410 e. The molecule has 0 bridgehead atoms. The summed E-state index contributed by atoms with van der Waals surface area (Å²) in [6.45, 7) is 7.66. The lowest BCUT2D eigenvalue weighted by molar-refractivity contribution is 0.0232. The van der Waals surface area contributed by atoms with Crippen molar-refractivity contribution in [1.82, 2.24) is 20.5 Å². The highest BCUT2D eigenvalue weighted by Crippen LogP contribution is 2.12. The van der Waals surface area contributed by atoms with Gasteiger partial charge in [0.2, 0.25) is 0 Å². The Balaban J connectivity index is 1.83. The van der Waals surface area contributed by atoms with Gasteiger partial charge in [-0.3, -0.25) is 9.98 Å². The third-order valence-electron chi connectivity index (χ3n) is 4.24. The molecular formula is C23H32FN5O2. The van der Waals surface area contributed by atoms with Crippen molar-refractivity contribution in [2.75, 3.05) is 20.1 Å². The lowest BCUT2D eigenvalue weighted by Gasteiger charge is -2.27. The molecule has 0 radical (unpaired) electrons. The largest absolute Gasteiger partial charge is 0.444 e. The quantitative estimate of drug-likeness (QED) is 0.380. The van der Waals surface area contributed by atoms with E-state index in [2.05, 4.69) is 20.6 Å². The van der Waals surface area contributed by atoms with Crippen molar-refractivity contribution in [2.24, 2.45) is 4.99 Å². The number of aromatic nitrogens is 1. The number of carbonyl (C=O) groups excluding carboxylic acids is 1. The van der Waals surface area contributed by atoms with Crippen LogP contribution in [0.2, 0.25) is 0 Å². The molecule has 2 aromatic rings. The van der Waals surface area contributed by atoms with Crippen molar-refractivity contribution in [3.63, 3.8) is 0 Å². The maximum absolute atomic E-state index is 13.0. The lowest BCUT2D eigenvalue weighted by atomic mass is 10.2. The zero-order chi connectivity index (χ0) is 22.7. The van der Waals surface area contributed by atoms with Gasteiger partial charge in [0.1, 0.15) is 11.4 Å². The Hall–Kier alpha value is -3.16. The minimum absolute atomic E-state index is 0.257. The van der Waals surface area contributed by atoms with Gasteiger partial charge in [-0.1, -0.05) is 18.2 Å². The summed E-state index contributed by atoms with van der Waals surface area (Å²) >= 11 is 0. The number of carbonyl (C=O) groups is 1. The van der Waals surface area contributed by atoms with E-state index in [0.717, 1.165) is 11.1 Å². The molecule has 0 aliphatic rings. The Labute approximate surface area is 183 Å². The molecular weight excluding hydrogens is 397 g/mol. The third-order valence-corrected chi connectivity index (χ3v) is 4.24. The van der Waals surface area contributed by atoms with Crippen molar-refractivity contribution in [2.45, 2.75) is 45.9 Å². The van der Waals surface area contributed by atoms with Gasteiger partial charge in [-0.15, -0.1) is 0 Å². The van der Waals surface area contributed by atoms with Crippen molar-refractivity contribution < 1.29 is 13.9 Å². The van der Waals surface area contributed by atoms with Crippen LogP contribution in [0.15, 0.2) is 53.8 Å². The molecule has 1 heterocycles. The van der Waals surface area contributed by atoms with Gasteiger partial charge in [0, 0.05) is 39.1 Å². The highest BCUT2D eigenvalue weighted by molar-refractivity contribution is 5.79. The summed E-state index contributed by atoms with van der Waals surface area (Å²) in [6, 6.07) is 10.1. The zero-order valence-electron chi connectivity index (χ0n) is 18.7. The second kappa shape index (κ2) is 11.9. The van der Waals surface area contributed by atoms with E-state index in [4.69, 9.17) is 4.74 Å². The number of halogens is 1. The standard InChI is InChI=1S/C23H32FN5O2/c1-23(2,3)31-22(30)29(17-19-7-5-12-26-15-19)14-6-13-27-21(25-4)28-16-18-8-10-20(24)11-9-18/h5,7-12,15H,6,13-14,16-17H2,1-4H3,(H2,25,27,28). The number of hydrogen-bond acceptors (Lipinski definition) is 4. The maximum Gasteiger partial charge on any atom is 0.410 e. The van der Waals surface area contributed by atoms with Crippen molar-refractivity contribution in [3.05, 3.63) is 65.7 Å². The van der Waals surface area contributed by atoms with Crippen molar-refractivity contribution in [1.29, 1.82) is 0 Å².